The first-order chi connectivity index (χ1) is 10.2. The SMILES string of the molecule is CC1(C)COC(CC#CCCC/C=N/S(=O)C(C)(C)C)OC1. The zero-order valence-electron chi connectivity index (χ0n) is 14.5. The Bertz CT molecular complexity index is 445. The lowest BCUT2D eigenvalue weighted by molar-refractivity contribution is -0.218. The molecule has 0 amide bonds. The van der Waals surface area contributed by atoms with Crippen LogP contribution < -0.4 is 0 Å². The Hall–Kier alpha value is -0.700. The van der Waals surface area contributed by atoms with Crippen molar-refractivity contribution in [1.82, 2.24) is 0 Å². The maximum absolute atomic E-state index is 11.7. The van der Waals surface area contributed by atoms with Gasteiger partial charge in [-0.15, -0.1) is 5.92 Å². The average Bonchev–Trinajstić information content (AvgIpc) is 2.42. The van der Waals surface area contributed by atoms with Gasteiger partial charge in [-0.2, -0.15) is 4.40 Å². The second kappa shape index (κ2) is 8.81. The van der Waals surface area contributed by atoms with E-state index in [1.165, 1.54) is 0 Å². The third kappa shape index (κ3) is 8.07. The summed E-state index contributed by atoms with van der Waals surface area (Å²) in [5.41, 5.74) is 0.108. The molecule has 22 heavy (non-hydrogen) atoms. The van der Waals surface area contributed by atoms with Crippen molar-refractivity contribution in [3.63, 3.8) is 0 Å². The average molecular weight is 327 g/mol. The van der Waals surface area contributed by atoms with Crippen LogP contribution in [0.25, 0.3) is 0 Å². The van der Waals surface area contributed by atoms with Gasteiger partial charge in [0.05, 0.1) is 24.4 Å². The van der Waals surface area contributed by atoms with Gasteiger partial charge in [-0.3, -0.25) is 0 Å². The number of ether oxygens (including phenoxy) is 2. The summed E-state index contributed by atoms with van der Waals surface area (Å²) in [6, 6.07) is 0. The molecule has 0 saturated carbocycles. The summed E-state index contributed by atoms with van der Waals surface area (Å²) >= 11 is 0. The Morgan fingerprint density at radius 1 is 1.27 bits per heavy atom. The van der Waals surface area contributed by atoms with E-state index in [0.717, 1.165) is 32.5 Å². The third-order valence-corrected chi connectivity index (χ3v) is 4.43. The molecule has 126 valence electrons. The smallest absolute Gasteiger partial charge is 0.168 e. The summed E-state index contributed by atoms with van der Waals surface area (Å²) < 4.78 is 26.7. The van der Waals surface area contributed by atoms with E-state index in [4.69, 9.17) is 9.47 Å². The lowest BCUT2D eigenvalue weighted by atomic mass is 9.95. The van der Waals surface area contributed by atoms with Crippen molar-refractivity contribution in [1.29, 1.82) is 0 Å². The zero-order chi connectivity index (χ0) is 16.6. The molecule has 1 atom stereocenters. The summed E-state index contributed by atoms with van der Waals surface area (Å²) in [6.07, 6.45) is 4.73. The maximum atomic E-state index is 11.7. The molecular formula is C17H29NO3S. The summed E-state index contributed by atoms with van der Waals surface area (Å²) in [7, 11) is -1.16. The zero-order valence-corrected chi connectivity index (χ0v) is 15.3. The summed E-state index contributed by atoms with van der Waals surface area (Å²) in [4.78, 5) is 0. The molecule has 4 nitrogen and oxygen atoms in total. The first-order valence-corrected chi connectivity index (χ1v) is 8.95. The van der Waals surface area contributed by atoms with Gasteiger partial charge in [-0.25, -0.2) is 4.21 Å². The molecule has 1 heterocycles. The minimum absolute atomic E-state index is 0.108. The van der Waals surface area contributed by atoms with Crippen molar-refractivity contribution in [3.8, 4) is 11.8 Å². The van der Waals surface area contributed by atoms with Crippen molar-refractivity contribution in [3.05, 3.63) is 0 Å². The minimum Gasteiger partial charge on any atom is -0.351 e. The van der Waals surface area contributed by atoms with Gasteiger partial charge in [0.1, 0.15) is 11.0 Å². The Morgan fingerprint density at radius 2 is 1.91 bits per heavy atom. The highest BCUT2D eigenvalue weighted by molar-refractivity contribution is 7.85. The lowest BCUT2D eigenvalue weighted by Gasteiger charge is -2.33. The van der Waals surface area contributed by atoms with Crippen LogP contribution in [0.5, 0.6) is 0 Å². The molecule has 0 aromatic rings. The first kappa shape index (κ1) is 19.3. The molecule has 0 aromatic carbocycles. The molecule has 0 bridgehead atoms. The standard InChI is InChI=1S/C17H29NO3S/c1-16(2,3)22(19)18-12-10-8-6-7-9-11-15-20-13-17(4,5)14-21-15/h12,15H,6,8,10-11,13-14H2,1-5H3/b18-12+. The molecule has 0 aliphatic carbocycles. The van der Waals surface area contributed by atoms with E-state index in [1.807, 2.05) is 20.8 Å². The van der Waals surface area contributed by atoms with Gasteiger partial charge in [0.2, 0.25) is 0 Å². The van der Waals surface area contributed by atoms with Gasteiger partial charge in [-0.05, 0) is 33.6 Å². The Kier molecular flexibility index (Phi) is 7.75. The predicted octanol–water partition coefficient (Wildman–Crippen LogP) is 3.48. The molecule has 0 spiro atoms. The number of nitrogens with zero attached hydrogens (tertiary/aromatic N) is 1. The van der Waals surface area contributed by atoms with Crippen LogP contribution in [0.3, 0.4) is 0 Å². The van der Waals surface area contributed by atoms with Crippen LogP contribution in [0, 0.1) is 17.3 Å². The third-order valence-electron chi connectivity index (χ3n) is 3.04. The van der Waals surface area contributed by atoms with Gasteiger partial charge in [0.15, 0.2) is 6.29 Å². The van der Waals surface area contributed by atoms with Crippen LogP contribution in [-0.4, -0.2) is 34.7 Å². The van der Waals surface area contributed by atoms with Crippen molar-refractivity contribution in [2.24, 2.45) is 9.81 Å². The fourth-order valence-electron chi connectivity index (χ4n) is 1.65. The number of rotatable bonds is 5. The lowest BCUT2D eigenvalue weighted by Crippen LogP contribution is -2.37. The van der Waals surface area contributed by atoms with Gasteiger partial charge < -0.3 is 9.47 Å². The second-order valence-electron chi connectivity index (χ2n) is 7.32. The summed E-state index contributed by atoms with van der Waals surface area (Å²) in [5.74, 6) is 6.23. The van der Waals surface area contributed by atoms with Gasteiger partial charge in [-0.1, -0.05) is 19.8 Å². The fraction of sp³-hybridized carbons (Fsp3) is 0.824. The van der Waals surface area contributed by atoms with Gasteiger partial charge in [0, 0.05) is 18.1 Å². The largest absolute Gasteiger partial charge is 0.351 e. The highest BCUT2D eigenvalue weighted by Crippen LogP contribution is 2.23. The van der Waals surface area contributed by atoms with Gasteiger partial charge in [0.25, 0.3) is 0 Å². The van der Waals surface area contributed by atoms with Crippen molar-refractivity contribution in [2.45, 2.75) is 71.3 Å². The Balaban J connectivity index is 2.11. The second-order valence-corrected chi connectivity index (χ2v) is 9.25. The van der Waals surface area contributed by atoms with Crippen molar-refractivity contribution >= 4 is 17.2 Å². The van der Waals surface area contributed by atoms with E-state index < -0.39 is 11.0 Å². The number of unbranched alkanes of at least 4 members (excludes halogenated alkanes) is 2. The summed E-state index contributed by atoms with van der Waals surface area (Å²) in [5, 5.41) is 0. The molecule has 1 rings (SSSR count). The maximum Gasteiger partial charge on any atom is 0.168 e. The quantitative estimate of drug-likeness (QED) is 0.441. The highest BCUT2D eigenvalue weighted by atomic mass is 32.2. The molecule has 0 aromatic heterocycles. The fourth-order valence-corrected chi connectivity index (χ4v) is 2.21. The number of hydrogen-bond acceptors (Lipinski definition) is 3. The molecular weight excluding hydrogens is 298 g/mol. The topological polar surface area (TPSA) is 47.9 Å². The molecule has 1 unspecified atom stereocenters. The normalized spacial score (nSPS) is 20.6. The van der Waals surface area contributed by atoms with Crippen LogP contribution in [0.15, 0.2) is 4.40 Å². The van der Waals surface area contributed by atoms with E-state index in [1.54, 1.807) is 6.21 Å². The first-order valence-electron chi connectivity index (χ1n) is 7.84. The van der Waals surface area contributed by atoms with Crippen molar-refractivity contribution in [2.75, 3.05) is 13.2 Å². The van der Waals surface area contributed by atoms with Crippen LogP contribution in [0.2, 0.25) is 0 Å². The molecule has 1 fully saturated rings. The molecule has 1 aliphatic rings. The Labute approximate surface area is 137 Å². The van der Waals surface area contributed by atoms with E-state index in [9.17, 15) is 4.21 Å². The molecule has 1 aliphatic heterocycles. The molecule has 0 N–H and O–H groups in total. The molecule has 5 heteroatoms. The Morgan fingerprint density at radius 3 is 2.50 bits per heavy atom. The monoisotopic (exact) mass is 327 g/mol. The van der Waals surface area contributed by atoms with E-state index in [2.05, 4.69) is 30.1 Å². The predicted molar refractivity (Wildman–Crippen MR) is 92.1 cm³/mol. The van der Waals surface area contributed by atoms with Gasteiger partial charge >= 0.3 is 0 Å². The number of hydrogen-bond donors (Lipinski definition) is 0. The van der Waals surface area contributed by atoms with Crippen LogP contribution in [0.4, 0.5) is 0 Å². The highest BCUT2D eigenvalue weighted by Gasteiger charge is 2.27. The summed E-state index contributed by atoms with van der Waals surface area (Å²) in [6.45, 7) is 11.5. The van der Waals surface area contributed by atoms with Crippen LogP contribution >= 0.6 is 0 Å². The van der Waals surface area contributed by atoms with Crippen LogP contribution in [0.1, 0.15) is 60.3 Å². The minimum atomic E-state index is -1.16. The van der Waals surface area contributed by atoms with Crippen LogP contribution in [-0.2, 0) is 20.5 Å². The van der Waals surface area contributed by atoms with E-state index >= 15 is 0 Å². The molecule has 1 saturated heterocycles. The van der Waals surface area contributed by atoms with Crippen molar-refractivity contribution < 1.29 is 13.7 Å². The van der Waals surface area contributed by atoms with E-state index in [-0.39, 0.29) is 16.5 Å². The molecule has 0 radical (unpaired) electrons. The van der Waals surface area contributed by atoms with E-state index in [0.29, 0.717) is 6.42 Å².